The number of aromatic nitrogens is 1. The summed E-state index contributed by atoms with van der Waals surface area (Å²) in [5, 5.41) is 10.1. The number of hydrogen-bond donors (Lipinski definition) is 2. The summed E-state index contributed by atoms with van der Waals surface area (Å²) in [5.74, 6) is 0.830. The highest BCUT2D eigenvalue weighted by Crippen LogP contribution is 2.24. The summed E-state index contributed by atoms with van der Waals surface area (Å²) in [5.41, 5.74) is 2.37. The Labute approximate surface area is 201 Å². The van der Waals surface area contributed by atoms with Gasteiger partial charge in [-0.3, -0.25) is 4.99 Å². The van der Waals surface area contributed by atoms with E-state index in [0.29, 0.717) is 0 Å². The van der Waals surface area contributed by atoms with Crippen molar-refractivity contribution in [2.24, 2.45) is 4.99 Å². The Hall–Kier alpha value is -1.39. The van der Waals surface area contributed by atoms with E-state index in [4.69, 9.17) is 9.72 Å². The maximum Gasteiger partial charge on any atom is 0.190 e. The molecule has 1 atom stereocenters. The Bertz CT molecular complexity index is 749. The zero-order chi connectivity index (χ0) is 20.3. The lowest BCUT2D eigenvalue weighted by Crippen LogP contribution is -2.39. The van der Waals surface area contributed by atoms with Crippen LogP contribution in [0.25, 0.3) is 0 Å². The number of anilines is 1. The van der Waals surface area contributed by atoms with Crippen molar-refractivity contribution in [3.63, 3.8) is 0 Å². The molecule has 166 valence electrons. The molecule has 0 saturated carbocycles. The van der Waals surface area contributed by atoms with E-state index in [1.165, 1.54) is 23.5 Å². The lowest BCUT2D eigenvalue weighted by Gasteiger charge is -2.14. The predicted molar refractivity (Wildman–Crippen MR) is 137 cm³/mol. The molecule has 0 amide bonds. The quantitative estimate of drug-likeness (QED) is 0.203. The normalized spacial score (nSPS) is 15.0. The molecule has 0 bridgehead atoms. The third-order valence-corrected chi connectivity index (χ3v) is 6.01. The molecule has 1 aliphatic rings. The van der Waals surface area contributed by atoms with Crippen LogP contribution >= 0.6 is 35.3 Å². The molecule has 1 unspecified atom stereocenters. The van der Waals surface area contributed by atoms with Crippen LogP contribution in [0.1, 0.15) is 43.5 Å². The molecule has 0 spiro atoms. The van der Waals surface area contributed by atoms with Gasteiger partial charge in [-0.05, 0) is 31.7 Å². The van der Waals surface area contributed by atoms with Crippen molar-refractivity contribution in [3.8, 4) is 0 Å². The summed E-state index contributed by atoms with van der Waals surface area (Å²) in [6.45, 7) is 6.77. The Kier molecular flexibility index (Phi) is 11.5. The van der Waals surface area contributed by atoms with Crippen LogP contribution in [0.5, 0.6) is 0 Å². The first-order valence-corrected chi connectivity index (χ1v) is 11.4. The number of nitrogens with zero attached hydrogens (tertiary/aromatic N) is 3. The van der Waals surface area contributed by atoms with Gasteiger partial charge in [0.05, 0.1) is 11.8 Å². The zero-order valence-corrected chi connectivity index (χ0v) is 21.1. The van der Waals surface area contributed by atoms with E-state index < -0.39 is 0 Å². The molecule has 8 heteroatoms. The first-order valence-electron chi connectivity index (χ1n) is 10.6. The number of guanidine groups is 1. The van der Waals surface area contributed by atoms with E-state index in [9.17, 15) is 0 Å². The minimum Gasteiger partial charge on any atom is -0.374 e. The van der Waals surface area contributed by atoms with Crippen LogP contribution in [-0.2, 0) is 11.2 Å². The van der Waals surface area contributed by atoms with E-state index in [1.807, 2.05) is 18.2 Å². The van der Waals surface area contributed by atoms with Crippen molar-refractivity contribution in [2.75, 3.05) is 44.7 Å². The molecule has 6 nitrogen and oxygen atoms in total. The molecule has 2 aromatic rings. The van der Waals surface area contributed by atoms with E-state index in [-0.39, 0.29) is 30.1 Å². The summed E-state index contributed by atoms with van der Waals surface area (Å²) >= 11 is 1.76. The van der Waals surface area contributed by atoms with Gasteiger partial charge in [0, 0.05) is 51.6 Å². The van der Waals surface area contributed by atoms with Gasteiger partial charge in [-0.2, -0.15) is 0 Å². The van der Waals surface area contributed by atoms with Crippen molar-refractivity contribution >= 4 is 46.4 Å². The van der Waals surface area contributed by atoms with Gasteiger partial charge < -0.3 is 20.3 Å². The molecule has 2 heterocycles. The SMILES string of the molecule is CN=C(NCCCOC(C)c1ccccc1)NCCc1csc(N2CCCC2)n1.I. The van der Waals surface area contributed by atoms with Crippen LogP contribution in [0, 0.1) is 0 Å². The van der Waals surface area contributed by atoms with Gasteiger partial charge in [0.25, 0.3) is 0 Å². The van der Waals surface area contributed by atoms with Crippen molar-refractivity contribution in [1.29, 1.82) is 0 Å². The van der Waals surface area contributed by atoms with Gasteiger partial charge in [-0.15, -0.1) is 35.3 Å². The van der Waals surface area contributed by atoms with Gasteiger partial charge in [-0.25, -0.2) is 4.98 Å². The molecule has 30 heavy (non-hydrogen) atoms. The average Bonchev–Trinajstić information content (AvgIpc) is 3.44. The van der Waals surface area contributed by atoms with Gasteiger partial charge in [-0.1, -0.05) is 30.3 Å². The van der Waals surface area contributed by atoms with Crippen LogP contribution in [0.3, 0.4) is 0 Å². The van der Waals surface area contributed by atoms with Crippen LogP contribution in [-0.4, -0.2) is 50.8 Å². The fraction of sp³-hybridized carbons (Fsp3) is 0.545. The largest absolute Gasteiger partial charge is 0.374 e. The number of rotatable bonds is 10. The number of hydrogen-bond acceptors (Lipinski definition) is 5. The summed E-state index contributed by atoms with van der Waals surface area (Å²) in [6, 6.07) is 10.3. The number of thiazole rings is 1. The Morgan fingerprint density at radius 3 is 2.67 bits per heavy atom. The topological polar surface area (TPSA) is 61.8 Å². The molecule has 2 N–H and O–H groups in total. The summed E-state index contributed by atoms with van der Waals surface area (Å²) in [7, 11) is 1.80. The van der Waals surface area contributed by atoms with E-state index in [1.54, 1.807) is 18.4 Å². The second kappa shape index (κ2) is 13.8. The Balaban J connectivity index is 0.00000320. The molecular weight excluding hydrogens is 509 g/mol. The molecule has 1 fully saturated rings. The van der Waals surface area contributed by atoms with Crippen molar-refractivity contribution < 1.29 is 4.74 Å². The predicted octanol–water partition coefficient (Wildman–Crippen LogP) is 4.24. The first kappa shape index (κ1) is 24.9. The second-order valence-electron chi connectivity index (χ2n) is 7.27. The van der Waals surface area contributed by atoms with Gasteiger partial charge >= 0.3 is 0 Å². The fourth-order valence-electron chi connectivity index (χ4n) is 3.35. The number of benzene rings is 1. The number of aliphatic imine (C=N–C) groups is 1. The van der Waals surface area contributed by atoms with E-state index in [0.717, 1.165) is 57.3 Å². The summed E-state index contributed by atoms with van der Waals surface area (Å²) in [6.07, 6.45) is 4.53. The zero-order valence-electron chi connectivity index (χ0n) is 18.0. The number of nitrogens with one attached hydrogen (secondary N) is 2. The highest BCUT2D eigenvalue weighted by atomic mass is 127. The lowest BCUT2D eigenvalue weighted by molar-refractivity contribution is 0.0646. The lowest BCUT2D eigenvalue weighted by atomic mass is 10.1. The Morgan fingerprint density at radius 2 is 1.93 bits per heavy atom. The maximum absolute atomic E-state index is 5.92. The summed E-state index contributed by atoms with van der Waals surface area (Å²) < 4.78 is 5.92. The van der Waals surface area contributed by atoms with Crippen LogP contribution < -0.4 is 15.5 Å². The molecule has 0 aliphatic carbocycles. The third-order valence-electron chi connectivity index (χ3n) is 5.06. The molecule has 3 rings (SSSR count). The van der Waals surface area contributed by atoms with Crippen LogP contribution in [0.15, 0.2) is 40.7 Å². The van der Waals surface area contributed by atoms with E-state index >= 15 is 0 Å². The van der Waals surface area contributed by atoms with Gasteiger partial charge in [0.2, 0.25) is 0 Å². The first-order chi connectivity index (χ1) is 14.3. The molecule has 0 radical (unpaired) electrons. The minimum absolute atomic E-state index is 0. The van der Waals surface area contributed by atoms with Crippen LogP contribution in [0.2, 0.25) is 0 Å². The third kappa shape index (κ3) is 8.03. The van der Waals surface area contributed by atoms with Gasteiger partial charge in [0.1, 0.15) is 0 Å². The highest BCUT2D eigenvalue weighted by Gasteiger charge is 2.15. The second-order valence-corrected chi connectivity index (χ2v) is 8.11. The van der Waals surface area contributed by atoms with Gasteiger partial charge in [0.15, 0.2) is 11.1 Å². The molecular formula is C22H34IN5OS. The van der Waals surface area contributed by atoms with E-state index in [2.05, 4.69) is 45.0 Å². The monoisotopic (exact) mass is 543 g/mol. The van der Waals surface area contributed by atoms with Crippen molar-refractivity contribution in [3.05, 3.63) is 47.0 Å². The standard InChI is InChI=1S/C22H33N5OS.HI/c1-18(19-9-4-3-5-10-19)28-16-8-12-24-21(23-2)25-13-11-20-17-29-22(26-20)27-14-6-7-15-27;/h3-5,9-10,17-18H,6-8,11-16H2,1-2H3,(H2,23,24,25);1H. The fourth-order valence-corrected chi connectivity index (χ4v) is 4.27. The molecule has 1 aliphatic heterocycles. The molecule has 1 aromatic carbocycles. The number of ether oxygens (including phenoxy) is 1. The smallest absolute Gasteiger partial charge is 0.190 e. The number of halogens is 1. The van der Waals surface area contributed by atoms with Crippen LogP contribution in [0.4, 0.5) is 5.13 Å². The molecule has 1 saturated heterocycles. The van der Waals surface area contributed by atoms with Crippen molar-refractivity contribution in [2.45, 2.75) is 38.7 Å². The highest BCUT2D eigenvalue weighted by molar-refractivity contribution is 14.0. The average molecular weight is 544 g/mol. The minimum atomic E-state index is 0. The Morgan fingerprint density at radius 1 is 1.20 bits per heavy atom. The molecule has 1 aromatic heterocycles. The maximum atomic E-state index is 5.92. The summed E-state index contributed by atoms with van der Waals surface area (Å²) in [4.78, 5) is 11.5. The van der Waals surface area contributed by atoms with Crippen molar-refractivity contribution in [1.82, 2.24) is 15.6 Å².